The van der Waals surface area contributed by atoms with Crippen molar-refractivity contribution in [3.8, 4) is 0 Å². The van der Waals surface area contributed by atoms with E-state index in [1.807, 2.05) is 0 Å². The summed E-state index contributed by atoms with van der Waals surface area (Å²) in [4.78, 5) is 46.6. The van der Waals surface area contributed by atoms with Gasteiger partial charge in [0, 0.05) is 12.8 Å². The highest BCUT2D eigenvalue weighted by Crippen LogP contribution is 2.48. The first-order valence-corrected chi connectivity index (χ1v) is 7.34. The highest BCUT2D eigenvalue weighted by molar-refractivity contribution is 8.11. The normalized spacial score (nSPS) is 34.5. The Morgan fingerprint density at radius 1 is 1.32 bits per heavy atom. The van der Waals surface area contributed by atoms with Gasteiger partial charge in [0.1, 0.15) is 0 Å². The molecule has 0 bridgehead atoms. The average Bonchev–Trinajstić information content (AvgIpc) is 2.29. The van der Waals surface area contributed by atoms with Crippen LogP contribution in [0.4, 0.5) is 0 Å². The Morgan fingerprint density at radius 3 is 2.32 bits per heavy atom. The fourth-order valence-corrected chi connectivity index (χ4v) is 4.05. The molecule has 0 radical (unpaired) electrons. The van der Waals surface area contributed by atoms with Crippen molar-refractivity contribution in [3.05, 3.63) is 0 Å². The molecule has 2 saturated heterocycles. The van der Waals surface area contributed by atoms with Gasteiger partial charge in [-0.05, 0) is 11.7 Å². The van der Waals surface area contributed by atoms with Crippen molar-refractivity contribution in [3.63, 3.8) is 0 Å². The molecule has 8 heteroatoms. The Kier molecular flexibility index (Phi) is 4.03. The van der Waals surface area contributed by atoms with Gasteiger partial charge in [-0.1, -0.05) is 0 Å². The molecule has 0 saturated carbocycles. The van der Waals surface area contributed by atoms with Crippen LogP contribution in [0.15, 0.2) is 0 Å². The number of thiol groups is 1. The molecule has 0 aliphatic carbocycles. The largest absolute Gasteiger partial charge is 0.481 e. The molecular formula is C11H14NO5S2+. The Bertz CT molecular complexity index is 446. The third-order valence-electron chi connectivity index (χ3n) is 3.48. The van der Waals surface area contributed by atoms with Crippen molar-refractivity contribution in [2.75, 3.05) is 5.75 Å². The van der Waals surface area contributed by atoms with E-state index in [2.05, 4.69) is 12.6 Å². The second kappa shape index (κ2) is 5.26. The number of rotatable bonds is 4. The van der Waals surface area contributed by atoms with Crippen molar-refractivity contribution in [1.82, 2.24) is 0 Å². The third-order valence-corrected chi connectivity index (χ3v) is 5.14. The van der Waals surface area contributed by atoms with Crippen LogP contribution in [0, 0.1) is 5.92 Å². The van der Waals surface area contributed by atoms with Crippen molar-refractivity contribution < 1.29 is 28.2 Å². The highest BCUT2D eigenvalue weighted by Gasteiger charge is 2.68. The van der Waals surface area contributed by atoms with Gasteiger partial charge >= 0.3 is 22.9 Å². The van der Waals surface area contributed by atoms with E-state index in [1.165, 1.54) is 0 Å². The van der Waals surface area contributed by atoms with Crippen molar-refractivity contribution in [2.24, 2.45) is 5.92 Å². The van der Waals surface area contributed by atoms with Crippen LogP contribution in [-0.4, -0.2) is 43.7 Å². The molecule has 2 aliphatic rings. The van der Waals surface area contributed by atoms with E-state index in [9.17, 15) is 19.2 Å². The summed E-state index contributed by atoms with van der Waals surface area (Å²) in [5, 5.41) is 8.56. The standard InChI is InChI=1S/C11H13NO5S2/c13-8-3-6(5-10(15)16)4-9(14)12(8)7(1-2-18)11(17)19-12/h6-7H,1-5H2,(H-,15,16,18)/p+1/t6?,7-,12?/m0/s1. The number of quaternary nitrogens is 1. The van der Waals surface area contributed by atoms with Crippen LogP contribution in [-0.2, 0) is 19.2 Å². The molecule has 0 aromatic rings. The molecule has 2 rings (SSSR count). The first-order chi connectivity index (χ1) is 8.91. The SMILES string of the molecule is O=C(O)CC1CC(=O)[N+]2(SC(=O)[C@@H]2CCS)C(=O)C1. The van der Waals surface area contributed by atoms with Crippen LogP contribution in [0.25, 0.3) is 0 Å². The molecule has 6 nitrogen and oxygen atoms in total. The molecule has 104 valence electrons. The zero-order valence-electron chi connectivity index (χ0n) is 10.1. The summed E-state index contributed by atoms with van der Waals surface area (Å²) in [5.41, 5.74) is 0. The average molecular weight is 304 g/mol. The number of imide groups is 1. The van der Waals surface area contributed by atoms with E-state index in [1.54, 1.807) is 0 Å². The van der Waals surface area contributed by atoms with Crippen LogP contribution >= 0.6 is 24.6 Å². The molecule has 19 heavy (non-hydrogen) atoms. The third kappa shape index (κ3) is 2.32. The van der Waals surface area contributed by atoms with Crippen LogP contribution in [0.2, 0.25) is 0 Å². The van der Waals surface area contributed by atoms with E-state index in [-0.39, 0.29) is 36.2 Å². The lowest BCUT2D eigenvalue weighted by atomic mass is 9.91. The molecule has 0 aromatic heterocycles. The monoisotopic (exact) mass is 304 g/mol. The fraction of sp³-hybridized carbons (Fsp3) is 0.636. The number of hydrogen-bond donors (Lipinski definition) is 2. The quantitative estimate of drug-likeness (QED) is 0.342. The maximum atomic E-state index is 12.2. The van der Waals surface area contributed by atoms with E-state index in [4.69, 9.17) is 5.11 Å². The lowest BCUT2D eigenvalue weighted by molar-refractivity contribution is -0.673. The summed E-state index contributed by atoms with van der Waals surface area (Å²) in [6.45, 7) is 0. The minimum Gasteiger partial charge on any atom is -0.481 e. The van der Waals surface area contributed by atoms with E-state index in [0.717, 1.165) is 11.9 Å². The fourth-order valence-electron chi connectivity index (χ4n) is 2.60. The van der Waals surface area contributed by atoms with Gasteiger partial charge in [0.2, 0.25) is 0 Å². The topological polar surface area (TPSA) is 88.5 Å². The predicted octanol–water partition coefficient (Wildman–Crippen LogP) is 0.618. The lowest BCUT2D eigenvalue weighted by Gasteiger charge is -2.45. The van der Waals surface area contributed by atoms with Crippen LogP contribution in [0.5, 0.6) is 0 Å². The van der Waals surface area contributed by atoms with Gasteiger partial charge in [0.05, 0.1) is 12.8 Å². The second-order valence-corrected chi connectivity index (χ2v) is 6.36. The van der Waals surface area contributed by atoms with Gasteiger partial charge in [-0.15, -0.1) is 3.89 Å². The number of amides is 2. The van der Waals surface area contributed by atoms with E-state index >= 15 is 0 Å². The Labute approximate surface area is 119 Å². The van der Waals surface area contributed by atoms with Gasteiger partial charge in [0.15, 0.2) is 18.0 Å². The van der Waals surface area contributed by atoms with Gasteiger partial charge in [0.25, 0.3) is 0 Å². The van der Waals surface area contributed by atoms with Gasteiger partial charge < -0.3 is 5.11 Å². The summed E-state index contributed by atoms with van der Waals surface area (Å²) >= 11 is 4.80. The number of hydrogen-bond acceptors (Lipinski definition) is 6. The number of carbonyl (C=O) groups excluding carboxylic acids is 3. The number of aliphatic carboxylic acids is 1. The Morgan fingerprint density at radius 2 is 1.89 bits per heavy atom. The zero-order valence-corrected chi connectivity index (χ0v) is 11.8. The molecule has 1 N–H and O–H groups in total. The predicted molar refractivity (Wildman–Crippen MR) is 70.1 cm³/mol. The van der Waals surface area contributed by atoms with Crippen molar-refractivity contribution in [2.45, 2.75) is 31.7 Å². The molecule has 2 heterocycles. The second-order valence-electron chi connectivity index (χ2n) is 4.76. The first kappa shape index (κ1) is 14.5. The van der Waals surface area contributed by atoms with Gasteiger partial charge in [-0.2, -0.15) is 12.6 Å². The molecule has 1 spiro atoms. The molecule has 2 aliphatic heterocycles. The van der Waals surface area contributed by atoms with Crippen LogP contribution in [0.3, 0.4) is 0 Å². The molecule has 0 unspecified atom stereocenters. The van der Waals surface area contributed by atoms with E-state index < -0.39 is 21.8 Å². The molecule has 0 aromatic carbocycles. The summed E-state index contributed by atoms with van der Waals surface area (Å²) in [6, 6.07) is -0.631. The maximum Gasteiger partial charge on any atom is 0.333 e. The van der Waals surface area contributed by atoms with Crippen molar-refractivity contribution >= 4 is 47.5 Å². The number of piperidine rings is 1. The number of carboxylic acid groups (broad SMARTS) is 1. The number of carboxylic acids is 1. The first-order valence-electron chi connectivity index (χ1n) is 5.93. The Balaban J connectivity index is 2.16. The maximum absolute atomic E-state index is 12.2. The van der Waals surface area contributed by atoms with E-state index in [0.29, 0.717) is 12.2 Å². The van der Waals surface area contributed by atoms with Gasteiger partial charge in [-0.3, -0.25) is 9.59 Å². The molecule has 2 fully saturated rings. The van der Waals surface area contributed by atoms with Gasteiger partial charge in [-0.25, -0.2) is 9.59 Å². The number of carbonyl (C=O) groups is 4. The Hall–Kier alpha value is -0.860. The summed E-state index contributed by atoms with van der Waals surface area (Å²) in [7, 11) is 0. The molecule has 2 amide bonds. The minimum atomic E-state index is -1.02. The minimum absolute atomic E-state index is 0.0430. The summed E-state index contributed by atoms with van der Waals surface area (Å²) in [5.74, 6) is -1.74. The summed E-state index contributed by atoms with van der Waals surface area (Å²) in [6.07, 6.45) is 0.284. The zero-order chi connectivity index (χ0) is 14.2. The molecule has 1 atom stereocenters. The highest BCUT2D eigenvalue weighted by atomic mass is 32.2. The van der Waals surface area contributed by atoms with Crippen LogP contribution in [0.1, 0.15) is 25.7 Å². The smallest absolute Gasteiger partial charge is 0.333 e. The molecular weight excluding hydrogens is 290 g/mol. The van der Waals surface area contributed by atoms with Crippen LogP contribution < -0.4 is 0 Å². The number of nitrogens with zero attached hydrogens (tertiary/aromatic N) is 1. The summed E-state index contributed by atoms with van der Waals surface area (Å²) < 4.78 is -0.477. The lowest BCUT2D eigenvalue weighted by Crippen LogP contribution is -2.70. The van der Waals surface area contributed by atoms with Crippen molar-refractivity contribution in [1.29, 1.82) is 0 Å².